The van der Waals surface area contributed by atoms with E-state index in [4.69, 9.17) is 0 Å². The highest BCUT2D eigenvalue weighted by molar-refractivity contribution is 5.58. The van der Waals surface area contributed by atoms with Crippen LogP contribution in [0.1, 0.15) is 24.2 Å². The summed E-state index contributed by atoms with van der Waals surface area (Å²) in [6, 6.07) is 12.5. The standard InChI is InChI=1S/C18H22N6/c1-2-4-15(5-3-1)18-11-17(20-22-18)13-24-8-6-14(7-9-24)10-16-12-19-23-21-16/h1-5,11-12,14H,6-10,13H2,(H,20,22)(H,19,21,23). The summed E-state index contributed by atoms with van der Waals surface area (Å²) in [5.74, 6) is 0.716. The van der Waals surface area contributed by atoms with Gasteiger partial charge in [-0.15, -0.1) is 0 Å². The second-order valence-electron chi connectivity index (χ2n) is 6.53. The van der Waals surface area contributed by atoms with E-state index in [0.29, 0.717) is 5.92 Å². The van der Waals surface area contributed by atoms with Crippen LogP contribution in [0.5, 0.6) is 0 Å². The van der Waals surface area contributed by atoms with Crippen LogP contribution in [0.3, 0.4) is 0 Å². The number of rotatable bonds is 5. The molecule has 1 fully saturated rings. The van der Waals surface area contributed by atoms with Gasteiger partial charge in [0.25, 0.3) is 0 Å². The van der Waals surface area contributed by atoms with E-state index >= 15 is 0 Å². The smallest absolute Gasteiger partial charge is 0.0924 e. The largest absolute Gasteiger partial charge is 0.298 e. The third kappa shape index (κ3) is 3.54. The second kappa shape index (κ2) is 6.97. The van der Waals surface area contributed by atoms with Crippen LogP contribution in [-0.4, -0.2) is 43.6 Å². The van der Waals surface area contributed by atoms with Gasteiger partial charge in [-0.1, -0.05) is 30.3 Å². The normalized spacial score (nSPS) is 16.5. The van der Waals surface area contributed by atoms with Crippen LogP contribution >= 0.6 is 0 Å². The van der Waals surface area contributed by atoms with E-state index in [-0.39, 0.29) is 0 Å². The van der Waals surface area contributed by atoms with E-state index in [1.54, 1.807) is 0 Å². The number of aromatic nitrogens is 5. The predicted octanol–water partition coefficient (Wildman–Crippen LogP) is 2.65. The Morgan fingerprint density at radius 2 is 1.92 bits per heavy atom. The molecule has 0 amide bonds. The van der Waals surface area contributed by atoms with Crippen LogP contribution in [0, 0.1) is 5.92 Å². The van der Waals surface area contributed by atoms with Gasteiger partial charge in [0.05, 0.1) is 17.6 Å². The van der Waals surface area contributed by atoms with Gasteiger partial charge in [-0.2, -0.15) is 20.5 Å². The lowest BCUT2D eigenvalue weighted by molar-refractivity contribution is 0.175. The molecule has 0 unspecified atom stereocenters. The lowest BCUT2D eigenvalue weighted by Gasteiger charge is -2.31. The molecular weight excluding hydrogens is 300 g/mol. The van der Waals surface area contributed by atoms with Crippen molar-refractivity contribution in [1.82, 2.24) is 30.5 Å². The number of nitrogens with one attached hydrogen (secondary N) is 2. The molecule has 6 nitrogen and oxygen atoms in total. The van der Waals surface area contributed by atoms with E-state index in [1.165, 1.54) is 18.5 Å². The fraction of sp³-hybridized carbons (Fsp3) is 0.389. The van der Waals surface area contributed by atoms with Gasteiger partial charge in [-0.25, -0.2) is 0 Å². The molecule has 0 bridgehead atoms. The topological polar surface area (TPSA) is 73.5 Å². The number of nitrogens with zero attached hydrogens (tertiary/aromatic N) is 4. The highest BCUT2D eigenvalue weighted by Crippen LogP contribution is 2.23. The Morgan fingerprint density at radius 3 is 2.67 bits per heavy atom. The maximum absolute atomic E-state index is 4.45. The van der Waals surface area contributed by atoms with E-state index < -0.39 is 0 Å². The summed E-state index contributed by atoms with van der Waals surface area (Å²) in [7, 11) is 0. The Morgan fingerprint density at radius 1 is 1.08 bits per heavy atom. The molecule has 0 radical (unpaired) electrons. The van der Waals surface area contributed by atoms with Crippen molar-refractivity contribution in [2.75, 3.05) is 13.1 Å². The third-order valence-electron chi connectivity index (χ3n) is 4.76. The summed E-state index contributed by atoms with van der Waals surface area (Å²) in [5.41, 5.74) is 4.44. The van der Waals surface area contributed by atoms with Crippen LogP contribution in [-0.2, 0) is 13.0 Å². The molecule has 24 heavy (non-hydrogen) atoms. The Bertz CT molecular complexity index is 741. The molecule has 1 aromatic carbocycles. The molecule has 4 rings (SSSR count). The van der Waals surface area contributed by atoms with Crippen molar-refractivity contribution in [3.05, 3.63) is 54.0 Å². The number of likely N-dealkylation sites (tertiary alicyclic amines) is 1. The molecule has 0 spiro atoms. The molecule has 124 valence electrons. The molecule has 1 aliphatic heterocycles. The van der Waals surface area contributed by atoms with Crippen LogP contribution in [0.2, 0.25) is 0 Å². The minimum Gasteiger partial charge on any atom is -0.298 e. The lowest BCUT2D eigenvalue weighted by atomic mass is 9.92. The Labute approximate surface area is 141 Å². The number of piperidine rings is 1. The Hall–Kier alpha value is -2.47. The molecule has 0 atom stereocenters. The second-order valence-corrected chi connectivity index (χ2v) is 6.53. The van der Waals surface area contributed by atoms with Crippen molar-refractivity contribution in [2.45, 2.75) is 25.8 Å². The van der Waals surface area contributed by atoms with E-state index in [0.717, 1.165) is 43.0 Å². The van der Waals surface area contributed by atoms with Crippen molar-refractivity contribution >= 4 is 0 Å². The zero-order chi connectivity index (χ0) is 16.2. The maximum atomic E-state index is 4.45. The first-order chi connectivity index (χ1) is 11.9. The third-order valence-corrected chi connectivity index (χ3v) is 4.76. The minimum absolute atomic E-state index is 0.716. The van der Waals surface area contributed by atoms with Crippen molar-refractivity contribution < 1.29 is 0 Å². The molecule has 3 aromatic rings. The number of benzene rings is 1. The monoisotopic (exact) mass is 322 g/mol. The molecule has 6 heteroatoms. The predicted molar refractivity (Wildman–Crippen MR) is 92.1 cm³/mol. The van der Waals surface area contributed by atoms with Gasteiger partial charge in [0, 0.05) is 17.8 Å². The van der Waals surface area contributed by atoms with Gasteiger partial charge < -0.3 is 0 Å². The molecule has 3 heterocycles. The van der Waals surface area contributed by atoms with Crippen LogP contribution in [0.4, 0.5) is 0 Å². The quantitative estimate of drug-likeness (QED) is 0.757. The van der Waals surface area contributed by atoms with Crippen LogP contribution in [0.15, 0.2) is 42.6 Å². The first kappa shape index (κ1) is 15.1. The average Bonchev–Trinajstić information content (AvgIpc) is 3.29. The molecule has 0 saturated carbocycles. The van der Waals surface area contributed by atoms with Crippen molar-refractivity contribution in [1.29, 1.82) is 0 Å². The summed E-state index contributed by atoms with van der Waals surface area (Å²) >= 11 is 0. The van der Waals surface area contributed by atoms with Gasteiger partial charge in [0.1, 0.15) is 0 Å². The van der Waals surface area contributed by atoms with Gasteiger partial charge in [-0.3, -0.25) is 10.00 Å². The molecular formula is C18H22N6. The molecule has 1 aliphatic rings. The molecule has 0 aliphatic carbocycles. The first-order valence-electron chi connectivity index (χ1n) is 8.53. The average molecular weight is 322 g/mol. The Kier molecular flexibility index (Phi) is 4.38. The number of hydrogen-bond acceptors (Lipinski definition) is 4. The fourth-order valence-electron chi connectivity index (χ4n) is 3.41. The fourth-order valence-corrected chi connectivity index (χ4v) is 3.41. The van der Waals surface area contributed by atoms with Gasteiger partial charge in [0.2, 0.25) is 0 Å². The number of aromatic amines is 2. The first-order valence-corrected chi connectivity index (χ1v) is 8.53. The molecule has 1 saturated heterocycles. The zero-order valence-corrected chi connectivity index (χ0v) is 13.7. The highest BCUT2D eigenvalue weighted by atomic mass is 15.3. The number of H-pyrrole nitrogens is 2. The summed E-state index contributed by atoms with van der Waals surface area (Å²) < 4.78 is 0. The van der Waals surface area contributed by atoms with Crippen molar-refractivity contribution in [2.24, 2.45) is 5.92 Å². The van der Waals surface area contributed by atoms with Gasteiger partial charge in [-0.05, 0) is 44.3 Å². The summed E-state index contributed by atoms with van der Waals surface area (Å²) in [6.07, 6.45) is 5.30. The van der Waals surface area contributed by atoms with E-state index in [1.807, 2.05) is 24.4 Å². The molecule has 2 aromatic heterocycles. The summed E-state index contributed by atoms with van der Waals surface area (Å²) in [6.45, 7) is 3.20. The maximum Gasteiger partial charge on any atom is 0.0924 e. The zero-order valence-electron chi connectivity index (χ0n) is 13.7. The van der Waals surface area contributed by atoms with E-state index in [9.17, 15) is 0 Å². The Balaban J connectivity index is 1.30. The van der Waals surface area contributed by atoms with Crippen molar-refractivity contribution in [3.8, 4) is 11.3 Å². The van der Waals surface area contributed by atoms with Crippen LogP contribution in [0.25, 0.3) is 11.3 Å². The van der Waals surface area contributed by atoms with Crippen LogP contribution < -0.4 is 0 Å². The minimum atomic E-state index is 0.716. The summed E-state index contributed by atoms with van der Waals surface area (Å²) in [4.78, 5) is 2.50. The lowest BCUT2D eigenvalue weighted by Crippen LogP contribution is -2.34. The molecule has 2 N–H and O–H groups in total. The highest BCUT2D eigenvalue weighted by Gasteiger charge is 2.20. The van der Waals surface area contributed by atoms with Gasteiger partial charge in [0.15, 0.2) is 0 Å². The summed E-state index contributed by atoms with van der Waals surface area (Å²) in [5, 5.41) is 18.4. The SMILES string of the molecule is c1ccc(-c2cc(CN3CCC(Cc4cn[nH]n4)CC3)[nH]n2)cc1. The number of hydrogen-bond donors (Lipinski definition) is 2. The van der Waals surface area contributed by atoms with E-state index in [2.05, 4.69) is 48.7 Å². The van der Waals surface area contributed by atoms with Gasteiger partial charge >= 0.3 is 0 Å². The van der Waals surface area contributed by atoms with Crippen molar-refractivity contribution in [3.63, 3.8) is 0 Å².